The van der Waals surface area contributed by atoms with Crippen LogP contribution in [0.5, 0.6) is 17.2 Å². The molecule has 0 atom stereocenters. The minimum atomic E-state index is 0.651. The SMILES string of the molecule is CCOc1ccc(C2=CN3C(c4ccc(OC)c(OC)c4)=CSC3=NN2)cc1. The highest BCUT2D eigenvalue weighted by Crippen LogP contribution is 2.39. The molecule has 0 fully saturated rings. The number of methoxy groups -OCH3 is 2. The van der Waals surface area contributed by atoms with Crippen LogP contribution in [0.3, 0.4) is 0 Å². The van der Waals surface area contributed by atoms with E-state index in [0.29, 0.717) is 18.1 Å². The van der Waals surface area contributed by atoms with Crippen LogP contribution in [0.2, 0.25) is 0 Å². The summed E-state index contributed by atoms with van der Waals surface area (Å²) >= 11 is 1.57. The molecule has 2 aliphatic heterocycles. The summed E-state index contributed by atoms with van der Waals surface area (Å²) in [5, 5.41) is 7.47. The first-order valence-corrected chi connectivity index (χ1v) is 9.78. The summed E-state index contributed by atoms with van der Waals surface area (Å²) in [6.45, 7) is 2.63. The van der Waals surface area contributed by atoms with E-state index in [1.54, 1.807) is 26.0 Å². The lowest BCUT2D eigenvalue weighted by atomic mass is 10.1. The van der Waals surface area contributed by atoms with Gasteiger partial charge in [-0.05, 0) is 49.4 Å². The third-order valence-corrected chi connectivity index (χ3v) is 5.27. The summed E-state index contributed by atoms with van der Waals surface area (Å²) in [4.78, 5) is 2.08. The summed E-state index contributed by atoms with van der Waals surface area (Å²) in [6.07, 6.45) is 2.06. The molecule has 28 heavy (non-hydrogen) atoms. The number of nitrogens with zero attached hydrogens (tertiary/aromatic N) is 2. The van der Waals surface area contributed by atoms with Gasteiger partial charge in [-0.3, -0.25) is 10.3 Å². The number of hydrogen-bond acceptors (Lipinski definition) is 7. The number of hydrogen-bond donors (Lipinski definition) is 1. The lowest BCUT2D eigenvalue weighted by Gasteiger charge is -2.24. The van der Waals surface area contributed by atoms with Crippen LogP contribution in [0.4, 0.5) is 0 Å². The Hall–Kier alpha value is -3.06. The van der Waals surface area contributed by atoms with E-state index in [0.717, 1.165) is 33.4 Å². The zero-order valence-electron chi connectivity index (χ0n) is 15.9. The maximum atomic E-state index is 5.52. The van der Waals surface area contributed by atoms with Gasteiger partial charge in [-0.15, -0.1) is 5.10 Å². The molecule has 144 valence electrons. The minimum Gasteiger partial charge on any atom is -0.494 e. The number of benzene rings is 2. The Morgan fingerprint density at radius 2 is 1.75 bits per heavy atom. The summed E-state index contributed by atoms with van der Waals surface area (Å²) < 4.78 is 16.3. The molecule has 2 heterocycles. The van der Waals surface area contributed by atoms with Gasteiger partial charge in [-0.1, -0.05) is 11.8 Å². The van der Waals surface area contributed by atoms with Gasteiger partial charge in [-0.2, -0.15) is 0 Å². The Kier molecular flexibility index (Phi) is 5.16. The summed E-state index contributed by atoms with van der Waals surface area (Å²) in [5.74, 6) is 2.26. The fraction of sp³-hybridized carbons (Fsp3) is 0.190. The molecule has 2 aromatic rings. The second-order valence-electron chi connectivity index (χ2n) is 6.07. The molecule has 4 rings (SSSR count). The van der Waals surface area contributed by atoms with Crippen LogP contribution in [0, 0.1) is 0 Å². The van der Waals surface area contributed by atoms with Crippen LogP contribution < -0.4 is 19.6 Å². The maximum absolute atomic E-state index is 5.52. The van der Waals surface area contributed by atoms with E-state index in [1.807, 2.05) is 49.4 Å². The summed E-state index contributed by atoms with van der Waals surface area (Å²) in [7, 11) is 3.27. The molecule has 0 unspecified atom stereocenters. The lowest BCUT2D eigenvalue weighted by molar-refractivity contribution is 0.340. The largest absolute Gasteiger partial charge is 0.494 e. The fourth-order valence-corrected chi connectivity index (χ4v) is 3.86. The predicted octanol–water partition coefficient (Wildman–Crippen LogP) is 4.32. The average molecular weight is 395 g/mol. The topological polar surface area (TPSA) is 55.3 Å². The number of ether oxygens (including phenoxy) is 3. The summed E-state index contributed by atoms with van der Waals surface area (Å²) in [6, 6.07) is 13.9. The van der Waals surface area contributed by atoms with Crippen molar-refractivity contribution in [1.82, 2.24) is 10.3 Å². The highest BCUT2D eigenvalue weighted by molar-refractivity contribution is 8.16. The minimum absolute atomic E-state index is 0.651. The Morgan fingerprint density at radius 3 is 2.46 bits per heavy atom. The third kappa shape index (κ3) is 3.41. The van der Waals surface area contributed by atoms with Crippen LogP contribution in [-0.2, 0) is 0 Å². The van der Waals surface area contributed by atoms with Gasteiger partial charge in [0.25, 0.3) is 0 Å². The highest BCUT2D eigenvalue weighted by atomic mass is 32.2. The molecule has 0 spiro atoms. The Morgan fingerprint density at radius 1 is 1.00 bits per heavy atom. The first kappa shape index (κ1) is 18.3. The van der Waals surface area contributed by atoms with Crippen LogP contribution >= 0.6 is 11.8 Å². The van der Waals surface area contributed by atoms with E-state index in [-0.39, 0.29) is 0 Å². The molecule has 0 aliphatic carbocycles. The second-order valence-corrected chi connectivity index (χ2v) is 6.90. The van der Waals surface area contributed by atoms with E-state index in [4.69, 9.17) is 14.2 Å². The number of hydrazone groups is 1. The van der Waals surface area contributed by atoms with Gasteiger partial charge in [0, 0.05) is 22.7 Å². The third-order valence-electron chi connectivity index (χ3n) is 4.43. The quantitative estimate of drug-likeness (QED) is 0.786. The van der Waals surface area contributed by atoms with E-state index in [9.17, 15) is 0 Å². The number of rotatable bonds is 6. The van der Waals surface area contributed by atoms with Crippen molar-refractivity contribution in [2.75, 3.05) is 20.8 Å². The molecule has 0 radical (unpaired) electrons. The molecule has 0 saturated carbocycles. The fourth-order valence-electron chi connectivity index (χ4n) is 3.04. The van der Waals surface area contributed by atoms with E-state index in [1.165, 1.54) is 0 Å². The van der Waals surface area contributed by atoms with Crippen LogP contribution in [0.15, 0.2) is 59.2 Å². The van der Waals surface area contributed by atoms with Crippen LogP contribution in [0.1, 0.15) is 18.1 Å². The number of amidine groups is 1. The highest BCUT2D eigenvalue weighted by Gasteiger charge is 2.27. The average Bonchev–Trinajstić information content (AvgIpc) is 3.17. The molecule has 0 bridgehead atoms. The molecule has 0 saturated heterocycles. The molecule has 0 amide bonds. The lowest BCUT2D eigenvalue weighted by Crippen LogP contribution is -2.26. The van der Waals surface area contributed by atoms with Gasteiger partial charge in [-0.25, -0.2) is 0 Å². The van der Waals surface area contributed by atoms with Crippen molar-refractivity contribution in [1.29, 1.82) is 0 Å². The van der Waals surface area contributed by atoms with Crippen LogP contribution in [-0.4, -0.2) is 30.9 Å². The predicted molar refractivity (Wildman–Crippen MR) is 113 cm³/mol. The molecule has 1 N–H and O–H groups in total. The monoisotopic (exact) mass is 395 g/mol. The zero-order chi connectivity index (χ0) is 19.5. The van der Waals surface area contributed by atoms with Crippen molar-refractivity contribution in [2.45, 2.75) is 6.92 Å². The molecular formula is C21H21N3O3S. The zero-order valence-corrected chi connectivity index (χ0v) is 16.7. The molecule has 7 heteroatoms. The Labute approximate surface area is 168 Å². The van der Waals surface area contributed by atoms with Crippen molar-refractivity contribution in [3.05, 3.63) is 65.2 Å². The van der Waals surface area contributed by atoms with E-state index < -0.39 is 0 Å². The Balaban J connectivity index is 1.62. The molecule has 0 aromatic heterocycles. The van der Waals surface area contributed by atoms with Gasteiger partial charge < -0.3 is 14.2 Å². The van der Waals surface area contributed by atoms with E-state index >= 15 is 0 Å². The van der Waals surface area contributed by atoms with Crippen molar-refractivity contribution in [3.63, 3.8) is 0 Å². The first-order chi connectivity index (χ1) is 13.7. The molecule has 2 aliphatic rings. The van der Waals surface area contributed by atoms with Crippen LogP contribution in [0.25, 0.3) is 11.4 Å². The Bertz CT molecular complexity index is 967. The molecule has 2 aromatic carbocycles. The van der Waals surface area contributed by atoms with Gasteiger partial charge in [0.2, 0.25) is 0 Å². The second kappa shape index (κ2) is 7.90. The van der Waals surface area contributed by atoms with Gasteiger partial charge in [0.15, 0.2) is 16.7 Å². The van der Waals surface area contributed by atoms with E-state index in [2.05, 4.69) is 27.0 Å². The first-order valence-electron chi connectivity index (χ1n) is 8.90. The van der Waals surface area contributed by atoms with Crippen molar-refractivity contribution < 1.29 is 14.2 Å². The van der Waals surface area contributed by atoms with Gasteiger partial charge >= 0.3 is 0 Å². The van der Waals surface area contributed by atoms with Gasteiger partial charge in [0.05, 0.1) is 32.2 Å². The molecular weight excluding hydrogens is 374 g/mol. The normalized spacial score (nSPS) is 15.1. The maximum Gasteiger partial charge on any atom is 0.196 e. The van der Waals surface area contributed by atoms with Gasteiger partial charge in [0.1, 0.15) is 5.75 Å². The number of nitrogens with one attached hydrogen (secondary N) is 1. The summed E-state index contributed by atoms with van der Waals surface area (Å²) in [5.41, 5.74) is 7.16. The standard InChI is InChI=1S/C21H21N3O3S/c1-4-27-16-8-5-14(6-9-16)17-12-24-18(13-28-21(24)23-22-17)15-7-10-19(25-2)20(11-15)26-3/h5-13,22H,4H2,1-3H3. The van der Waals surface area contributed by atoms with Crippen molar-refractivity contribution in [3.8, 4) is 17.2 Å². The number of thioether (sulfide) groups is 1. The number of fused-ring (bicyclic) bond motifs is 1. The smallest absolute Gasteiger partial charge is 0.196 e. The molecule has 6 nitrogen and oxygen atoms in total. The van der Waals surface area contributed by atoms with Crippen molar-refractivity contribution >= 4 is 28.3 Å². The van der Waals surface area contributed by atoms with Crippen molar-refractivity contribution in [2.24, 2.45) is 5.10 Å².